The Morgan fingerprint density at radius 3 is 2.62 bits per heavy atom. The van der Waals surface area contributed by atoms with Crippen molar-refractivity contribution in [2.24, 2.45) is 0 Å². The molecule has 0 aliphatic heterocycles. The molecule has 26 heavy (non-hydrogen) atoms. The SMILES string of the molecule is N#CCOC(=O)C=Cc1cn(-c2ccccc2)nc1-c1ccc(Br)cc1. The van der Waals surface area contributed by atoms with Gasteiger partial charge in [-0.15, -0.1) is 0 Å². The second kappa shape index (κ2) is 8.28. The van der Waals surface area contributed by atoms with E-state index in [2.05, 4.69) is 21.0 Å². The minimum atomic E-state index is -0.569. The molecule has 0 unspecified atom stereocenters. The summed E-state index contributed by atoms with van der Waals surface area (Å²) in [6.07, 6.45) is 4.79. The van der Waals surface area contributed by atoms with Crippen molar-refractivity contribution < 1.29 is 9.53 Å². The van der Waals surface area contributed by atoms with Gasteiger partial charge in [-0.3, -0.25) is 0 Å². The molecule has 0 atom stereocenters. The lowest BCUT2D eigenvalue weighted by molar-refractivity contribution is -0.136. The molecule has 128 valence electrons. The smallest absolute Gasteiger partial charge is 0.331 e. The Bertz CT molecular complexity index is 971. The highest BCUT2D eigenvalue weighted by Crippen LogP contribution is 2.26. The van der Waals surface area contributed by atoms with Gasteiger partial charge in [-0.05, 0) is 30.3 Å². The first kappa shape index (κ1) is 17.6. The van der Waals surface area contributed by atoms with Gasteiger partial charge in [0.05, 0.1) is 11.4 Å². The van der Waals surface area contributed by atoms with Crippen LogP contribution in [0, 0.1) is 11.3 Å². The van der Waals surface area contributed by atoms with Crippen LogP contribution in [0.1, 0.15) is 5.56 Å². The fourth-order valence-electron chi connectivity index (χ4n) is 2.36. The molecule has 0 saturated heterocycles. The highest BCUT2D eigenvalue weighted by Gasteiger charge is 2.11. The molecule has 1 heterocycles. The molecule has 0 bridgehead atoms. The van der Waals surface area contributed by atoms with Gasteiger partial charge in [0.1, 0.15) is 6.07 Å². The highest BCUT2D eigenvalue weighted by atomic mass is 79.9. The fraction of sp³-hybridized carbons (Fsp3) is 0.0500. The minimum absolute atomic E-state index is 0.272. The molecule has 3 rings (SSSR count). The van der Waals surface area contributed by atoms with E-state index in [-0.39, 0.29) is 6.61 Å². The number of para-hydroxylation sites is 1. The summed E-state index contributed by atoms with van der Waals surface area (Å²) < 4.78 is 7.48. The summed E-state index contributed by atoms with van der Waals surface area (Å²) in [5, 5.41) is 13.1. The molecule has 0 amide bonds. The van der Waals surface area contributed by atoms with Crippen molar-refractivity contribution in [3.8, 4) is 23.0 Å². The van der Waals surface area contributed by atoms with Crippen molar-refractivity contribution in [3.63, 3.8) is 0 Å². The number of nitrogens with zero attached hydrogens (tertiary/aromatic N) is 3. The third-order valence-corrected chi connectivity index (χ3v) is 4.09. The summed E-state index contributed by atoms with van der Waals surface area (Å²) in [5.41, 5.74) is 3.35. The molecule has 3 aromatic rings. The zero-order chi connectivity index (χ0) is 18.4. The van der Waals surface area contributed by atoms with Gasteiger partial charge in [-0.25, -0.2) is 9.48 Å². The number of nitriles is 1. The molecule has 6 heteroatoms. The third-order valence-electron chi connectivity index (χ3n) is 3.56. The Balaban J connectivity index is 1.99. The molecule has 0 N–H and O–H groups in total. The zero-order valence-electron chi connectivity index (χ0n) is 13.7. The Labute approximate surface area is 159 Å². The Kier molecular flexibility index (Phi) is 5.62. The van der Waals surface area contributed by atoms with Crippen LogP contribution in [-0.4, -0.2) is 22.4 Å². The molecule has 2 aromatic carbocycles. The number of hydrogen-bond donors (Lipinski definition) is 0. The maximum absolute atomic E-state index is 11.7. The van der Waals surface area contributed by atoms with Crippen LogP contribution in [0.15, 0.2) is 71.3 Å². The predicted molar refractivity (Wildman–Crippen MR) is 102 cm³/mol. The van der Waals surface area contributed by atoms with Crippen molar-refractivity contribution in [1.82, 2.24) is 9.78 Å². The van der Waals surface area contributed by atoms with Gasteiger partial charge in [-0.1, -0.05) is 46.3 Å². The lowest BCUT2D eigenvalue weighted by atomic mass is 10.1. The van der Waals surface area contributed by atoms with Gasteiger partial charge < -0.3 is 4.74 Å². The van der Waals surface area contributed by atoms with Crippen LogP contribution in [0.2, 0.25) is 0 Å². The van der Waals surface area contributed by atoms with Gasteiger partial charge in [0.25, 0.3) is 0 Å². The summed E-state index contributed by atoms with van der Waals surface area (Å²) in [4.78, 5) is 11.7. The normalized spacial score (nSPS) is 10.6. The predicted octanol–water partition coefficient (Wildman–Crippen LogP) is 4.38. The second-order valence-electron chi connectivity index (χ2n) is 5.32. The van der Waals surface area contributed by atoms with Crippen molar-refractivity contribution >= 4 is 28.0 Å². The van der Waals surface area contributed by atoms with Crippen LogP contribution in [0.3, 0.4) is 0 Å². The van der Waals surface area contributed by atoms with E-state index in [9.17, 15) is 4.79 Å². The summed E-state index contributed by atoms with van der Waals surface area (Å²) in [7, 11) is 0. The molecule has 0 radical (unpaired) electrons. The number of benzene rings is 2. The lowest BCUT2D eigenvalue weighted by Gasteiger charge is -2.00. The number of carbonyl (C=O) groups excluding carboxylic acids is 1. The number of esters is 1. The maximum Gasteiger partial charge on any atom is 0.331 e. The van der Waals surface area contributed by atoms with Crippen LogP contribution < -0.4 is 0 Å². The fourth-order valence-corrected chi connectivity index (χ4v) is 2.63. The van der Waals surface area contributed by atoms with Crippen LogP contribution in [0.5, 0.6) is 0 Å². The quantitative estimate of drug-likeness (QED) is 0.464. The zero-order valence-corrected chi connectivity index (χ0v) is 15.3. The largest absolute Gasteiger partial charge is 0.447 e. The van der Waals surface area contributed by atoms with Crippen LogP contribution in [0.4, 0.5) is 0 Å². The first-order valence-electron chi connectivity index (χ1n) is 7.80. The second-order valence-corrected chi connectivity index (χ2v) is 6.23. The average molecular weight is 408 g/mol. The number of rotatable bonds is 5. The standard InChI is InChI=1S/C20H14BrN3O2/c21-17-9-6-15(7-10-17)20-16(8-11-19(25)26-13-12-22)14-24(23-20)18-4-2-1-3-5-18/h1-11,14H,13H2. The molecular weight excluding hydrogens is 394 g/mol. The van der Waals surface area contributed by atoms with Crippen molar-refractivity contribution in [1.29, 1.82) is 5.26 Å². The number of ether oxygens (including phenoxy) is 1. The van der Waals surface area contributed by atoms with Gasteiger partial charge in [0, 0.05) is 27.9 Å². The van der Waals surface area contributed by atoms with Crippen molar-refractivity contribution in [2.75, 3.05) is 6.61 Å². The molecule has 0 aliphatic carbocycles. The lowest BCUT2D eigenvalue weighted by Crippen LogP contribution is -1.99. The molecule has 1 aromatic heterocycles. The summed E-state index contributed by atoms with van der Waals surface area (Å²) in [6, 6.07) is 19.3. The van der Waals surface area contributed by atoms with Crippen molar-refractivity contribution in [2.45, 2.75) is 0 Å². The van der Waals surface area contributed by atoms with Crippen LogP contribution in [0.25, 0.3) is 23.0 Å². The van der Waals surface area contributed by atoms with Gasteiger partial charge in [0.2, 0.25) is 0 Å². The number of halogens is 1. The topological polar surface area (TPSA) is 67.9 Å². The summed E-state index contributed by atoms with van der Waals surface area (Å²) in [5.74, 6) is -0.569. The van der Waals surface area contributed by atoms with Crippen molar-refractivity contribution in [3.05, 3.63) is 76.9 Å². The maximum atomic E-state index is 11.7. The minimum Gasteiger partial charge on any atom is -0.447 e. The van der Waals surface area contributed by atoms with E-state index in [0.29, 0.717) is 0 Å². The highest BCUT2D eigenvalue weighted by molar-refractivity contribution is 9.10. The molecule has 0 spiro atoms. The van der Waals surface area contributed by atoms with Crippen LogP contribution in [-0.2, 0) is 9.53 Å². The Hall–Kier alpha value is -3.17. The third kappa shape index (κ3) is 4.26. The molecule has 0 saturated carbocycles. The molecule has 0 aliphatic rings. The monoisotopic (exact) mass is 407 g/mol. The van der Waals surface area contributed by atoms with E-state index >= 15 is 0 Å². The average Bonchev–Trinajstić information content (AvgIpc) is 3.10. The van der Waals surface area contributed by atoms with E-state index in [4.69, 9.17) is 10.00 Å². The Morgan fingerprint density at radius 1 is 1.19 bits per heavy atom. The Morgan fingerprint density at radius 2 is 1.92 bits per heavy atom. The number of aromatic nitrogens is 2. The van der Waals surface area contributed by atoms with Gasteiger partial charge >= 0.3 is 5.97 Å². The van der Waals surface area contributed by atoms with E-state index in [1.807, 2.05) is 60.8 Å². The number of carbonyl (C=O) groups is 1. The van der Waals surface area contributed by atoms with Crippen LogP contribution >= 0.6 is 15.9 Å². The molecule has 0 fully saturated rings. The summed E-state index contributed by atoms with van der Waals surface area (Å²) in [6.45, 7) is -0.272. The van der Waals surface area contributed by atoms with Gasteiger partial charge in [-0.2, -0.15) is 10.4 Å². The van der Waals surface area contributed by atoms with E-state index in [0.717, 1.165) is 27.0 Å². The molecule has 5 nitrogen and oxygen atoms in total. The first-order chi connectivity index (χ1) is 12.7. The van der Waals surface area contributed by atoms with E-state index in [1.54, 1.807) is 16.8 Å². The molecular formula is C20H14BrN3O2. The first-order valence-corrected chi connectivity index (χ1v) is 8.59. The van der Waals surface area contributed by atoms with Gasteiger partial charge in [0.15, 0.2) is 6.61 Å². The summed E-state index contributed by atoms with van der Waals surface area (Å²) >= 11 is 3.43. The number of hydrogen-bond acceptors (Lipinski definition) is 4. The van der Waals surface area contributed by atoms with E-state index < -0.39 is 5.97 Å². The van der Waals surface area contributed by atoms with E-state index in [1.165, 1.54) is 6.08 Å².